The molecule has 0 spiro atoms. The van der Waals surface area contributed by atoms with Gasteiger partial charge >= 0.3 is 0 Å². The number of halogens is 1. The van der Waals surface area contributed by atoms with E-state index in [2.05, 4.69) is 58.6 Å². The number of amides is 1. The van der Waals surface area contributed by atoms with Crippen molar-refractivity contribution in [1.29, 1.82) is 0 Å². The second kappa shape index (κ2) is 11.4. The van der Waals surface area contributed by atoms with E-state index in [0.29, 0.717) is 6.04 Å². The predicted octanol–water partition coefficient (Wildman–Crippen LogP) is 2.08. The van der Waals surface area contributed by atoms with Crippen molar-refractivity contribution in [1.82, 2.24) is 15.5 Å². The van der Waals surface area contributed by atoms with E-state index in [1.165, 1.54) is 11.1 Å². The molecule has 0 bridgehead atoms. The maximum atomic E-state index is 11.4. The Morgan fingerprint density at radius 1 is 1.38 bits per heavy atom. The molecule has 1 saturated heterocycles. The molecule has 26 heavy (non-hydrogen) atoms. The number of hydrogen-bond acceptors (Lipinski definition) is 3. The molecule has 1 aromatic carbocycles. The number of piperidine rings is 1. The SMILES string of the molecule is CN=C(NCc1cccc(CN2CCCC(C(N)=O)C2)c1)NC(C)C.I. The van der Waals surface area contributed by atoms with Crippen LogP contribution in [0, 0.1) is 5.92 Å². The topological polar surface area (TPSA) is 82.8 Å². The third kappa shape index (κ3) is 7.49. The van der Waals surface area contributed by atoms with Crippen LogP contribution < -0.4 is 16.4 Å². The molecular weight excluding hydrogens is 441 g/mol. The maximum Gasteiger partial charge on any atom is 0.221 e. The lowest BCUT2D eigenvalue weighted by molar-refractivity contribution is -0.123. The summed E-state index contributed by atoms with van der Waals surface area (Å²) in [6.45, 7) is 7.55. The summed E-state index contributed by atoms with van der Waals surface area (Å²) in [6.07, 6.45) is 1.95. The van der Waals surface area contributed by atoms with Crippen molar-refractivity contribution in [3.63, 3.8) is 0 Å². The van der Waals surface area contributed by atoms with Crippen molar-refractivity contribution < 1.29 is 4.79 Å². The molecule has 4 N–H and O–H groups in total. The van der Waals surface area contributed by atoms with Gasteiger partial charge in [-0.2, -0.15) is 0 Å². The number of nitrogens with zero attached hydrogens (tertiary/aromatic N) is 2. The minimum atomic E-state index is -0.174. The lowest BCUT2D eigenvalue weighted by atomic mass is 9.97. The Morgan fingerprint density at radius 3 is 2.77 bits per heavy atom. The Hall–Kier alpha value is -1.35. The third-order valence-corrected chi connectivity index (χ3v) is 4.41. The van der Waals surface area contributed by atoms with Gasteiger partial charge in [-0.05, 0) is 44.4 Å². The van der Waals surface area contributed by atoms with Gasteiger partial charge in [0.1, 0.15) is 0 Å². The molecule has 2 rings (SSSR count). The van der Waals surface area contributed by atoms with E-state index in [1.54, 1.807) is 7.05 Å². The number of guanidine groups is 1. The fraction of sp³-hybridized carbons (Fsp3) is 0.579. The van der Waals surface area contributed by atoms with Crippen LogP contribution in [0.5, 0.6) is 0 Å². The van der Waals surface area contributed by atoms with Crippen LogP contribution in [-0.2, 0) is 17.9 Å². The molecule has 1 aliphatic heterocycles. The zero-order chi connectivity index (χ0) is 18.2. The summed E-state index contributed by atoms with van der Waals surface area (Å²) in [4.78, 5) is 18.0. The summed E-state index contributed by atoms with van der Waals surface area (Å²) in [5.41, 5.74) is 7.95. The van der Waals surface area contributed by atoms with E-state index in [0.717, 1.165) is 45.0 Å². The number of carbonyl (C=O) groups is 1. The van der Waals surface area contributed by atoms with Crippen molar-refractivity contribution in [3.8, 4) is 0 Å². The molecular formula is C19H32IN5O. The smallest absolute Gasteiger partial charge is 0.221 e. The average molecular weight is 473 g/mol. The molecule has 1 aliphatic rings. The molecule has 0 aromatic heterocycles. The van der Waals surface area contributed by atoms with E-state index >= 15 is 0 Å². The number of nitrogens with two attached hydrogens (primary N) is 1. The van der Waals surface area contributed by atoms with Gasteiger partial charge in [-0.25, -0.2) is 0 Å². The van der Waals surface area contributed by atoms with E-state index in [4.69, 9.17) is 5.73 Å². The Labute approximate surface area is 174 Å². The molecule has 1 amide bonds. The quantitative estimate of drug-likeness (QED) is 0.336. The highest BCUT2D eigenvalue weighted by Crippen LogP contribution is 2.18. The van der Waals surface area contributed by atoms with Gasteiger partial charge in [0.2, 0.25) is 5.91 Å². The second-order valence-electron chi connectivity index (χ2n) is 7.02. The molecule has 1 atom stereocenters. The highest BCUT2D eigenvalue weighted by Gasteiger charge is 2.23. The Balaban J connectivity index is 0.00000338. The molecule has 1 heterocycles. The number of primary amides is 1. The highest BCUT2D eigenvalue weighted by molar-refractivity contribution is 14.0. The zero-order valence-corrected chi connectivity index (χ0v) is 18.3. The summed E-state index contributed by atoms with van der Waals surface area (Å²) < 4.78 is 0. The van der Waals surface area contributed by atoms with Crippen LogP contribution in [0.3, 0.4) is 0 Å². The number of likely N-dealkylation sites (tertiary alicyclic amines) is 1. The molecule has 0 radical (unpaired) electrons. The van der Waals surface area contributed by atoms with Crippen molar-refractivity contribution in [2.24, 2.45) is 16.6 Å². The summed E-state index contributed by atoms with van der Waals surface area (Å²) in [7, 11) is 1.78. The van der Waals surface area contributed by atoms with Crippen molar-refractivity contribution in [2.75, 3.05) is 20.1 Å². The van der Waals surface area contributed by atoms with E-state index in [1.807, 2.05) is 0 Å². The van der Waals surface area contributed by atoms with Gasteiger partial charge in [0, 0.05) is 32.7 Å². The molecule has 0 saturated carbocycles. The Kier molecular flexibility index (Phi) is 9.93. The molecule has 7 heteroatoms. The van der Waals surface area contributed by atoms with E-state index in [9.17, 15) is 4.79 Å². The van der Waals surface area contributed by atoms with Crippen molar-refractivity contribution >= 4 is 35.8 Å². The number of benzene rings is 1. The minimum Gasteiger partial charge on any atom is -0.369 e. The minimum absolute atomic E-state index is 0. The van der Waals surface area contributed by atoms with Crippen LogP contribution in [0.2, 0.25) is 0 Å². The van der Waals surface area contributed by atoms with Gasteiger partial charge < -0.3 is 16.4 Å². The summed E-state index contributed by atoms with van der Waals surface area (Å²) in [5, 5.41) is 6.62. The first-order valence-corrected chi connectivity index (χ1v) is 9.04. The number of aliphatic imine (C=N–C) groups is 1. The molecule has 1 unspecified atom stereocenters. The third-order valence-electron chi connectivity index (χ3n) is 4.41. The van der Waals surface area contributed by atoms with Crippen LogP contribution in [-0.4, -0.2) is 42.9 Å². The predicted molar refractivity (Wildman–Crippen MR) is 118 cm³/mol. The average Bonchev–Trinajstić information content (AvgIpc) is 2.59. The second-order valence-corrected chi connectivity index (χ2v) is 7.02. The van der Waals surface area contributed by atoms with Gasteiger partial charge in [-0.1, -0.05) is 24.3 Å². The van der Waals surface area contributed by atoms with Crippen LogP contribution in [0.25, 0.3) is 0 Å². The van der Waals surface area contributed by atoms with E-state index < -0.39 is 0 Å². The van der Waals surface area contributed by atoms with Crippen molar-refractivity contribution in [2.45, 2.75) is 45.8 Å². The number of rotatable bonds is 6. The van der Waals surface area contributed by atoms with Crippen LogP contribution in [0.15, 0.2) is 29.3 Å². The summed E-state index contributed by atoms with van der Waals surface area (Å²) in [6, 6.07) is 8.89. The van der Waals surface area contributed by atoms with E-state index in [-0.39, 0.29) is 35.8 Å². The molecule has 146 valence electrons. The van der Waals surface area contributed by atoms with Gasteiger partial charge in [0.15, 0.2) is 5.96 Å². The standard InChI is InChI=1S/C19H31N5O.HI/c1-14(2)23-19(21-3)22-11-15-6-4-7-16(10-15)12-24-9-5-8-17(13-24)18(20)25;/h4,6-7,10,14,17H,5,8-9,11-13H2,1-3H3,(H2,20,25)(H2,21,22,23);1H. The van der Waals surface area contributed by atoms with Crippen LogP contribution in [0.4, 0.5) is 0 Å². The number of carbonyl (C=O) groups excluding carboxylic acids is 1. The number of hydrogen-bond donors (Lipinski definition) is 3. The fourth-order valence-corrected chi connectivity index (χ4v) is 3.18. The summed E-state index contributed by atoms with van der Waals surface area (Å²) in [5.74, 6) is 0.622. The Bertz CT molecular complexity index is 605. The highest BCUT2D eigenvalue weighted by atomic mass is 127. The zero-order valence-electron chi connectivity index (χ0n) is 16.0. The van der Waals surface area contributed by atoms with Crippen molar-refractivity contribution in [3.05, 3.63) is 35.4 Å². The van der Waals surface area contributed by atoms with Gasteiger partial charge in [-0.15, -0.1) is 24.0 Å². The molecule has 1 aromatic rings. The first kappa shape index (κ1) is 22.7. The number of nitrogens with one attached hydrogen (secondary N) is 2. The van der Waals surface area contributed by atoms with Gasteiger partial charge in [0.25, 0.3) is 0 Å². The normalized spacial score (nSPS) is 18.3. The van der Waals surface area contributed by atoms with Gasteiger partial charge in [-0.3, -0.25) is 14.7 Å². The largest absolute Gasteiger partial charge is 0.369 e. The monoisotopic (exact) mass is 473 g/mol. The fourth-order valence-electron chi connectivity index (χ4n) is 3.18. The lowest BCUT2D eigenvalue weighted by Crippen LogP contribution is -2.41. The first-order chi connectivity index (χ1) is 12.0. The molecule has 0 aliphatic carbocycles. The summed E-state index contributed by atoms with van der Waals surface area (Å²) >= 11 is 0. The molecule has 1 fully saturated rings. The van der Waals surface area contributed by atoms with Gasteiger partial charge in [0.05, 0.1) is 5.92 Å². The Morgan fingerprint density at radius 2 is 2.12 bits per heavy atom. The maximum absolute atomic E-state index is 11.4. The van der Waals surface area contributed by atoms with Crippen LogP contribution in [0.1, 0.15) is 37.8 Å². The first-order valence-electron chi connectivity index (χ1n) is 9.04. The lowest BCUT2D eigenvalue weighted by Gasteiger charge is -2.31. The van der Waals surface area contributed by atoms with Crippen LogP contribution >= 0.6 is 24.0 Å². The molecule has 6 nitrogen and oxygen atoms in total.